The van der Waals surface area contributed by atoms with Gasteiger partial charge in [0.05, 0.1) is 16.7 Å². The van der Waals surface area contributed by atoms with Crippen molar-refractivity contribution in [3.8, 4) is 33.8 Å². The minimum atomic E-state index is -1.06. The Kier molecular flexibility index (Phi) is 7.25. The maximum absolute atomic E-state index is 12.1. The van der Waals surface area contributed by atoms with Gasteiger partial charge in [0.1, 0.15) is 11.5 Å². The molecule has 0 aliphatic rings. The second-order valence-electron chi connectivity index (χ2n) is 11.6. The summed E-state index contributed by atoms with van der Waals surface area (Å²) in [5, 5.41) is 11.0. The van der Waals surface area contributed by atoms with Gasteiger partial charge < -0.3 is 14.7 Å². The fourth-order valence-electron chi connectivity index (χ4n) is 5.47. The summed E-state index contributed by atoms with van der Waals surface area (Å²) in [5.74, 6) is -0.258. The molecule has 3 aromatic carbocycles. The third-order valence-corrected chi connectivity index (χ3v) is 7.49. The van der Waals surface area contributed by atoms with Gasteiger partial charge in [-0.3, -0.25) is 0 Å². The smallest absolute Gasteiger partial charge is 0.354 e. The van der Waals surface area contributed by atoms with Crippen LogP contribution in [0.3, 0.4) is 0 Å². The number of pyridine rings is 1. The number of benzene rings is 3. The van der Waals surface area contributed by atoms with Gasteiger partial charge in [0.2, 0.25) is 0 Å². The number of rotatable bonds is 4. The molecule has 41 heavy (non-hydrogen) atoms. The van der Waals surface area contributed by atoms with Crippen LogP contribution in [0, 0.1) is 13.8 Å². The molecule has 0 saturated heterocycles. The fourth-order valence-corrected chi connectivity index (χ4v) is 5.47. The molecule has 3 heterocycles. The first kappa shape index (κ1) is 28.5. The van der Waals surface area contributed by atoms with E-state index in [1.165, 1.54) is 5.56 Å². The van der Waals surface area contributed by atoms with E-state index in [0.717, 1.165) is 61.1 Å². The second-order valence-corrected chi connectivity index (χ2v) is 11.6. The van der Waals surface area contributed by atoms with Gasteiger partial charge in [0, 0.05) is 39.2 Å². The van der Waals surface area contributed by atoms with Crippen LogP contribution in [-0.4, -0.2) is 25.6 Å². The van der Waals surface area contributed by atoms with E-state index in [4.69, 9.17) is 4.98 Å². The number of carboxylic acids is 1. The average molecular weight is 723 g/mol. The minimum Gasteiger partial charge on any atom is -0.663 e. The minimum absolute atomic E-state index is 0. The molecule has 0 atom stereocenters. The van der Waals surface area contributed by atoms with Crippen molar-refractivity contribution in [2.75, 3.05) is 0 Å². The van der Waals surface area contributed by atoms with Crippen molar-refractivity contribution >= 4 is 27.9 Å². The molecule has 0 fully saturated rings. The first-order valence-electron chi connectivity index (χ1n) is 13.4. The number of carboxylic acid groups (broad SMARTS) is 1. The molecule has 6 nitrogen and oxygen atoms in total. The van der Waals surface area contributed by atoms with E-state index in [1.807, 2.05) is 57.4 Å². The first-order chi connectivity index (χ1) is 19.0. The van der Waals surface area contributed by atoms with E-state index in [1.54, 1.807) is 6.07 Å². The fraction of sp³-hybridized carbons (Fsp3) is 0.206. The Morgan fingerprint density at radius 1 is 0.878 bits per heavy atom. The van der Waals surface area contributed by atoms with Gasteiger partial charge in [-0.2, -0.15) is 6.20 Å². The predicted molar refractivity (Wildman–Crippen MR) is 161 cm³/mol. The summed E-state index contributed by atoms with van der Waals surface area (Å²) in [4.78, 5) is 26.5. The molecule has 6 aromatic rings. The molecule has 0 saturated carbocycles. The number of hydrogen-bond acceptors (Lipinski definition) is 3. The zero-order valence-corrected chi connectivity index (χ0v) is 26.2. The Balaban J connectivity index is 0.00000337. The molecule has 0 amide bonds. The monoisotopic (exact) mass is 722 g/mol. The van der Waals surface area contributed by atoms with Gasteiger partial charge in [-0.15, -0.1) is 5.52 Å². The van der Waals surface area contributed by atoms with Crippen molar-refractivity contribution in [2.45, 2.75) is 40.0 Å². The molecule has 0 aliphatic heterocycles. The van der Waals surface area contributed by atoms with Gasteiger partial charge >= 0.3 is 5.97 Å². The Morgan fingerprint density at radius 3 is 2.27 bits per heavy atom. The number of fused-ring (bicyclic) bond motifs is 2. The normalized spacial score (nSPS) is 11.7. The molecule has 210 valence electrons. The summed E-state index contributed by atoms with van der Waals surface area (Å²) >= 11 is 0. The van der Waals surface area contributed by atoms with Crippen molar-refractivity contribution in [3.05, 3.63) is 95.3 Å². The number of imidazole rings is 1. The summed E-state index contributed by atoms with van der Waals surface area (Å²) in [7, 11) is 2.01. The molecule has 1 N–H and O–H groups in total. The van der Waals surface area contributed by atoms with E-state index in [2.05, 4.69) is 65.6 Å². The number of aromatic carboxylic acids is 1. The van der Waals surface area contributed by atoms with Gasteiger partial charge in [-0.05, 0) is 65.6 Å². The second kappa shape index (κ2) is 10.4. The van der Waals surface area contributed by atoms with Crippen LogP contribution in [0.5, 0.6) is 0 Å². The maximum Gasteiger partial charge on any atom is 0.354 e. The van der Waals surface area contributed by atoms with Crippen LogP contribution in [0.4, 0.5) is 0 Å². The number of aromatic nitrogens is 4. The first-order valence-corrected chi connectivity index (χ1v) is 13.4. The molecule has 0 spiro atoms. The summed E-state index contributed by atoms with van der Waals surface area (Å²) in [5.41, 5.74) is 10.1. The van der Waals surface area contributed by atoms with Crippen molar-refractivity contribution < 1.29 is 31.0 Å². The topological polar surface area (TPSA) is 82.1 Å². The number of aryl methyl sites for hydroxylation is 3. The van der Waals surface area contributed by atoms with Crippen LogP contribution in [0.15, 0.2) is 72.9 Å². The average Bonchev–Trinajstić information content (AvgIpc) is 3.51. The standard InChI is InChI=1S/C34H32N4O2.Pt/c1-19-12-20(2)14-22(13-19)23-16-27(36-28(17-23)33(39)40)25-8-7-9-29-31(25)37-32(38(29)6)26-18-24(34(3,4)5)15-21-10-11-35-30(21)26;/h7-18H,1-6H3,(H2,35,36,37,39,40);/p-1. The van der Waals surface area contributed by atoms with Crippen molar-refractivity contribution in [1.29, 1.82) is 0 Å². The molecule has 0 aliphatic carbocycles. The van der Waals surface area contributed by atoms with Crippen LogP contribution >= 0.6 is 0 Å². The zero-order valence-electron chi connectivity index (χ0n) is 23.9. The number of para-hydroxylation sites is 1. The van der Waals surface area contributed by atoms with E-state index in [-0.39, 0.29) is 32.2 Å². The largest absolute Gasteiger partial charge is 0.663 e. The van der Waals surface area contributed by atoms with E-state index < -0.39 is 5.97 Å². The van der Waals surface area contributed by atoms with Crippen LogP contribution in [0.25, 0.3) is 55.7 Å². The summed E-state index contributed by atoms with van der Waals surface area (Å²) in [6.07, 6.45) is 1.84. The van der Waals surface area contributed by atoms with E-state index >= 15 is 0 Å². The van der Waals surface area contributed by atoms with Crippen LogP contribution in [0.2, 0.25) is 0 Å². The van der Waals surface area contributed by atoms with Crippen LogP contribution in [-0.2, 0) is 33.5 Å². The van der Waals surface area contributed by atoms with Crippen molar-refractivity contribution in [1.82, 2.24) is 19.5 Å². The maximum atomic E-state index is 12.1. The molecular formula is C34H31N4O2Pt-. The quantitative estimate of drug-likeness (QED) is 0.202. The molecule has 7 heteroatoms. The van der Waals surface area contributed by atoms with Crippen molar-refractivity contribution in [3.63, 3.8) is 0 Å². The molecule has 3 aromatic heterocycles. The third-order valence-electron chi connectivity index (χ3n) is 7.49. The SMILES string of the molecule is Cc1cc(C)cc(-c2cc(C(=O)O)nc(-c3cccc4c3nc(-c3cc(C(C)(C)C)cc5cc[n-]c35)n4C)c2)c1.[Pt]. The number of nitrogens with zero attached hydrogens (tertiary/aromatic N) is 4. The van der Waals surface area contributed by atoms with E-state index in [9.17, 15) is 9.90 Å². The summed E-state index contributed by atoms with van der Waals surface area (Å²) in [6.45, 7) is 10.7. The molecule has 6 rings (SSSR count). The Labute approximate surface area is 253 Å². The Bertz CT molecular complexity index is 1940. The molecule has 0 radical (unpaired) electrons. The van der Waals surface area contributed by atoms with Gasteiger partial charge in [-0.25, -0.2) is 14.8 Å². The summed E-state index contributed by atoms with van der Waals surface area (Å²) < 4.78 is 2.08. The van der Waals surface area contributed by atoms with Crippen LogP contribution in [0.1, 0.15) is 48.0 Å². The van der Waals surface area contributed by atoms with Crippen LogP contribution < -0.4 is 4.98 Å². The van der Waals surface area contributed by atoms with Gasteiger partial charge in [0.25, 0.3) is 0 Å². The number of carbonyl (C=O) groups is 1. The zero-order chi connectivity index (χ0) is 28.3. The number of hydrogen-bond donors (Lipinski definition) is 1. The van der Waals surface area contributed by atoms with Crippen molar-refractivity contribution in [2.24, 2.45) is 7.05 Å². The Hall–Kier alpha value is -4.02. The van der Waals surface area contributed by atoms with E-state index in [0.29, 0.717) is 5.69 Å². The molecular weight excluding hydrogens is 691 g/mol. The van der Waals surface area contributed by atoms with Gasteiger partial charge in [0.15, 0.2) is 0 Å². The molecule has 0 unspecified atom stereocenters. The summed E-state index contributed by atoms with van der Waals surface area (Å²) in [6, 6.07) is 22.2. The Morgan fingerprint density at radius 2 is 1.59 bits per heavy atom. The van der Waals surface area contributed by atoms with Gasteiger partial charge in [-0.1, -0.05) is 74.4 Å². The molecule has 0 bridgehead atoms. The predicted octanol–water partition coefficient (Wildman–Crippen LogP) is 7.69. The third kappa shape index (κ3) is 5.13.